The molecule has 0 saturated carbocycles. The van der Waals surface area contributed by atoms with Gasteiger partial charge in [0.15, 0.2) is 0 Å². The number of aryl methyl sites for hydroxylation is 1. The van der Waals surface area contributed by atoms with Crippen LogP contribution in [0, 0.1) is 12.3 Å². The fourth-order valence-corrected chi connectivity index (χ4v) is 3.18. The summed E-state index contributed by atoms with van der Waals surface area (Å²) in [6.07, 6.45) is 3.40. The van der Waals surface area contributed by atoms with Crippen LogP contribution in [0.4, 0.5) is 17.6 Å². The van der Waals surface area contributed by atoms with E-state index >= 15 is 0 Å². The molecule has 3 heterocycles. The van der Waals surface area contributed by atoms with E-state index in [-0.39, 0.29) is 5.97 Å². The van der Waals surface area contributed by atoms with Gasteiger partial charge in [-0.3, -0.25) is 4.79 Å². The summed E-state index contributed by atoms with van der Waals surface area (Å²) in [7, 11) is 0. The van der Waals surface area contributed by atoms with Crippen LogP contribution in [0.3, 0.4) is 0 Å². The van der Waals surface area contributed by atoms with Crippen molar-refractivity contribution in [3.05, 3.63) is 30.4 Å². The van der Waals surface area contributed by atoms with Gasteiger partial charge >= 0.3 is 5.97 Å². The van der Waals surface area contributed by atoms with E-state index in [9.17, 15) is 4.79 Å². The number of hydrogen-bond donors (Lipinski definition) is 2. The Morgan fingerprint density at radius 2 is 2.00 bits per heavy atom. The lowest BCUT2D eigenvalue weighted by Gasteiger charge is -2.22. The molecule has 0 aromatic carbocycles. The van der Waals surface area contributed by atoms with Gasteiger partial charge in [-0.1, -0.05) is 0 Å². The van der Waals surface area contributed by atoms with Crippen molar-refractivity contribution in [2.75, 3.05) is 23.8 Å². The van der Waals surface area contributed by atoms with Crippen LogP contribution in [0.5, 0.6) is 0 Å². The van der Waals surface area contributed by atoms with Gasteiger partial charge in [-0.25, -0.2) is 15.0 Å². The van der Waals surface area contributed by atoms with Crippen molar-refractivity contribution in [1.29, 1.82) is 0 Å². The molecule has 0 aliphatic heterocycles. The van der Waals surface area contributed by atoms with Gasteiger partial charge < -0.3 is 19.9 Å². The number of rotatable bonds is 8. The predicted octanol–water partition coefficient (Wildman–Crippen LogP) is 3.86. The molecule has 9 nitrogen and oxygen atoms in total. The molecule has 3 aromatic heterocycles. The molecule has 3 rings (SSSR count). The van der Waals surface area contributed by atoms with Crippen LogP contribution in [-0.4, -0.2) is 43.6 Å². The number of nitrogens with one attached hydrogen (secondary N) is 2. The first-order valence-electron chi connectivity index (χ1n) is 10.1. The van der Waals surface area contributed by atoms with E-state index in [4.69, 9.17) is 4.74 Å². The summed E-state index contributed by atoms with van der Waals surface area (Å²) >= 11 is 0. The van der Waals surface area contributed by atoms with Gasteiger partial charge in [-0.2, -0.15) is 4.98 Å². The number of aromatic nitrogens is 5. The minimum absolute atomic E-state index is 0.263. The molecule has 2 N–H and O–H groups in total. The number of carbonyl (C=O) groups excluding carboxylic acids is 1. The van der Waals surface area contributed by atoms with Crippen molar-refractivity contribution in [2.45, 2.75) is 47.6 Å². The summed E-state index contributed by atoms with van der Waals surface area (Å²) in [5.41, 5.74) is 1.18. The van der Waals surface area contributed by atoms with Crippen molar-refractivity contribution in [2.24, 2.45) is 5.41 Å². The van der Waals surface area contributed by atoms with Crippen molar-refractivity contribution in [3.63, 3.8) is 0 Å². The first kappa shape index (κ1) is 21.5. The standard InChI is InChI=1S/C21H29N7O2/c1-7-30-19(29)21(5,6)12-24-20-22-9-8-17(27-20)26-18-10-16-15(11-23-18)25-14(4)28(16)13(2)3/h8-11,13H,7,12H2,1-6H3,(H2,22,23,24,26,27). The minimum atomic E-state index is -0.692. The molecule has 0 atom stereocenters. The lowest BCUT2D eigenvalue weighted by Crippen LogP contribution is -2.34. The molecule has 0 aliphatic carbocycles. The molecular weight excluding hydrogens is 382 g/mol. The van der Waals surface area contributed by atoms with Crippen LogP contribution in [0.25, 0.3) is 11.0 Å². The molecule has 0 spiro atoms. The van der Waals surface area contributed by atoms with Gasteiger partial charge in [-0.05, 0) is 47.6 Å². The molecule has 30 heavy (non-hydrogen) atoms. The van der Waals surface area contributed by atoms with Crippen LogP contribution >= 0.6 is 0 Å². The average molecular weight is 412 g/mol. The number of anilines is 3. The zero-order valence-electron chi connectivity index (χ0n) is 18.4. The Morgan fingerprint density at radius 1 is 1.23 bits per heavy atom. The molecule has 0 bridgehead atoms. The van der Waals surface area contributed by atoms with E-state index in [1.165, 1.54) is 0 Å². The van der Waals surface area contributed by atoms with Gasteiger partial charge in [0.05, 0.1) is 23.7 Å². The smallest absolute Gasteiger partial charge is 0.313 e. The third-order valence-corrected chi connectivity index (χ3v) is 4.70. The fraction of sp³-hybridized carbons (Fsp3) is 0.476. The molecule has 0 amide bonds. The number of nitrogens with zero attached hydrogens (tertiary/aromatic N) is 5. The highest BCUT2D eigenvalue weighted by Gasteiger charge is 2.29. The van der Waals surface area contributed by atoms with Crippen LogP contribution < -0.4 is 10.6 Å². The van der Waals surface area contributed by atoms with E-state index < -0.39 is 5.41 Å². The maximum atomic E-state index is 12.0. The second-order valence-corrected chi connectivity index (χ2v) is 8.03. The number of ether oxygens (including phenoxy) is 1. The number of imidazole rings is 1. The highest BCUT2D eigenvalue weighted by molar-refractivity contribution is 5.79. The lowest BCUT2D eigenvalue weighted by molar-refractivity contribution is -0.152. The number of carbonyl (C=O) groups is 1. The minimum Gasteiger partial charge on any atom is -0.466 e. The predicted molar refractivity (Wildman–Crippen MR) is 117 cm³/mol. The van der Waals surface area contributed by atoms with E-state index in [1.807, 2.05) is 26.8 Å². The number of hydrogen-bond acceptors (Lipinski definition) is 8. The van der Waals surface area contributed by atoms with Gasteiger partial charge in [0, 0.05) is 24.8 Å². The Balaban J connectivity index is 1.75. The molecule has 0 saturated heterocycles. The summed E-state index contributed by atoms with van der Waals surface area (Å²) in [5, 5.41) is 6.33. The molecule has 0 unspecified atom stereocenters. The Hall–Kier alpha value is -3.23. The highest BCUT2D eigenvalue weighted by atomic mass is 16.5. The summed E-state index contributed by atoms with van der Waals surface area (Å²) < 4.78 is 7.29. The Kier molecular flexibility index (Phi) is 6.19. The van der Waals surface area contributed by atoms with Crippen molar-refractivity contribution in [3.8, 4) is 0 Å². The monoisotopic (exact) mass is 411 g/mol. The SMILES string of the molecule is CCOC(=O)C(C)(C)CNc1nccc(Nc2cc3c(cn2)nc(C)n3C(C)C)n1. The molecule has 0 aliphatic rings. The molecule has 0 radical (unpaired) electrons. The molecular formula is C21H29N7O2. The van der Waals surface area contributed by atoms with E-state index in [1.54, 1.807) is 25.4 Å². The van der Waals surface area contributed by atoms with Gasteiger partial charge in [0.25, 0.3) is 0 Å². The topological polar surface area (TPSA) is 107 Å². The summed E-state index contributed by atoms with van der Waals surface area (Å²) in [6, 6.07) is 4.02. The normalized spacial score (nSPS) is 11.7. The quantitative estimate of drug-likeness (QED) is 0.538. The Bertz CT molecular complexity index is 1040. The van der Waals surface area contributed by atoms with E-state index in [0.29, 0.717) is 36.8 Å². The van der Waals surface area contributed by atoms with Crippen LogP contribution in [0.1, 0.15) is 46.5 Å². The second kappa shape index (κ2) is 8.64. The lowest BCUT2D eigenvalue weighted by atomic mass is 9.94. The molecule has 3 aromatic rings. The Labute approximate surface area is 176 Å². The van der Waals surface area contributed by atoms with Crippen molar-refractivity contribution < 1.29 is 9.53 Å². The van der Waals surface area contributed by atoms with Crippen LogP contribution in [0.2, 0.25) is 0 Å². The van der Waals surface area contributed by atoms with Crippen molar-refractivity contribution >= 4 is 34.6 Å². The van der Waals surface area contributed by atoms with E-state index in [0.717, 1.165) is 16.9 Å². The molecule has 160 valence electrons. The first-order chi connectivity index (χ1) is 14.2. The summed E-state index contributed by atoms with van der Waals surface area (Å²) in [5.74, 6) is 2.38. The third-order valence-electron chi connectivity index (χ3n) is 4.70. The third kappa shape index (κ3) is 4.67. The number of fused-ring (bicyclic) bond motifs is 1. The van der Waals surface area contributed by atoms with Gasteiger partial charge in [0.2, 0.25) is 5.95 Å². The summed E-state index contributed by atoms with van der Waals surface area (Å²) in [6.45, 7) is 12.4. The maximum absolute atomic E-state index is 12.0. The first-order valence-corrected chi connectivity index (χ1v) is 10.1. The van der Waals surface area contributed by atoms with E-state index in [2.05, 4.69) is 49.0 Å². The average Bonchev–Trinajstić information content (AvgIpc) is 3.02. The second-order valence-electron chi connectivity index (χ2n) is 8.03. The number of esters is 1. The largest absolute Gasteiger partial charge is 0.466 e. The fourth-order valence-electron chi connectivity index (χ4n) is 3.18. The highest BCUT2D eigenvalue weighted by Crippen LogP contribution is 2.24. The zero-order chi connectivity index (χ0) is 21.9. The molecule has 9 heteroatoms. The summed E-state index contributed by atoms with van der Waals surface area (Å²) in [4.78, 5) is 29.8. The van der Waals surface area contributed by atoms with Gasteiger partial charge in [-0.15, -0.1) is 0 Å². The van der Waals surface area contributed by atoms with Crippen LogP contribution in [0.15, 0.2) is 24.5 Å². The van der Waals surface area contributed by atoms with Crippen molar-refractivity contribution in [1.82, 2.24) is 24.5 Å². The van der Waals surface area contributed by atoms with Gasteiger partial charge in [0.1, 0.15) is 23.0 Å². The number of pyridine rings is 1. The molecule has 0 fully saturated rings. The zero-order valence-corrected chi connectivity index (χ0v) is 18.4. The Morgan fingerprint density at radius 3 is 2.70 bits per heavy atom. The van der Waals surface area contributed by atoms with Crippen LogP contribution in [-0.2, 0) is 9.53 Å². The maximum Gasteiger partial charge on any atom is 0.313 e.